The van der Waals surface area contributed by atoms with Crippen molar-refractivity contribution in [2.45, 2.75) is 30.8 Å². The fraction of sp³-hybridized carbons (Fsp3) is 0.625. The van der Waals surface area contributed by atoms with E-state index >= 15 is 0 Å². The van der Waals surface area contributed by atoms with Crippen LogP contribution in [-0.2, 0) is 25.9 Å². The third-order valence-electron chi connectivity index (χ3n) is 3.81. The molecule has 0 aliphatic carbocycles. The maximum absolute atomic E-state index is 12.4. The second kappa shape index (κ2) is 8.62. The summed E-state index contributed by atoms with van der Waals surface area (Å²) < 4.78 is 34.9. The van der Waals surface area contributed by atoms with E-state index in [2.05, 4.69) is 4.90 Å². The number of likely N-dealkylation sites (tertiary alicyclic amines) is 1. The minimum atomic E-state index is -3.22. The highest BCUT2D eigenvalue weighted by atomic mass is 32.2. The number of hydrogen-bond donors (Lipinski definition) is 0. The minimum absolute atomic E-state index is 0.200. The van der Waals surface area contributed by atoms with Gasteiger partial charge in [-0.1, -0.05) is 12.1 Å². The summed E-state index contributed by atoms with van der Waals surface area (Å²) in [5, 5.41) is 0. The molecular formula is C16H25NO4S. The van der Waals surface area contributed by atoms with Gasteiger partial charge in [0.05, 0.1) is 17.3 Å². The lowest BCUT2D eigenvalue weighted by Gasteiger charge is -2.14. The van der Waals surface area contributed by atoms with Crippen molar-refractivity contribution in [2.24, 2.45) is 0 Å². The summed E-state index contributed by atoms with van der Waals surface area (Å²) in [6, 6.07) is 6.98. The number of benzene rings is 1. The van der Waals surface area contributed by atoms with E-state index in [9.17, 15) is 8.42 Å². The van der Waals surface area contributed by atoms with E-state index in [4.69, 9.17) is 9.47 Å². The molecular weight excluding hydrogens is 302 g/mol. The summed E-state index contributed by atoms with van der Waals surface area (Å²) in [4.78, 5) is 2.72. The molecule has 1 aliphatic heterocycles. The molecule has 1 heterocycles. The molecule has 0 radical (unpaired) electrons. The van der Waals surface area contributed by atoms with E-state index in [1.165, 1.54) is 12.8 Å². The summed E-state index contributed by atoms with van der Waals surface area (Å²) in [5.74, 6) is 0.200. The molecule has 124 valence electrons. The van der Waals surface area contributed by atoms with Crippen LogP contribution in [0.3, 0.4) is 0 Å². The van der Waals surface area contributed by atoms with Crippen LogP contribution in [0.4, 0.5) is 0 Å². The summed E-state index contributed by atoms with van der Waals surface area (Å²) in [6.07, 6.45) is 3.15. The number of ether oxygens (including phenoxy) is 2. The lowest BCUT2D eigenvalue weighted by Crippen LogP contribution is -2.22. The van der Waals surface area contributed by atoms with Crippen LogP contribution < -0.4 is 0 Å². The summed E-state index contributed by atoms with van der Waals surface area (Å²) >= 11 is 0. The van der Waals surface area contributed by atoms with Gasteiger partial charge in [0.25, 0.3) is 0 Å². The van der Waals surface area contributed by atoms with Gasteiger partial charge in [0.1, 0.15) is 6.79 Å². The lowest BCUT2D eigenvalue weighted by molar-refractivity contribution is -0.0391. The van der Waals surface area contributed by atoms with Crippen molar-refractivity contribution in [2.75, 3.05) is 39.3 Å². The fourth-order valence-electron chi connectivity index (χ4n) is 2.67. The van der Waals surface area contributed by atoms with Crippen LogP contribution in [0, 0.1) is 0 Å². The van der Waals surface area contributed by atoms with Gasteiger partial charge in [-0.25, -0.2) is 8.42 Å². The van der Waals surface area contributed by atoms with Gasteiger partial charge in [-0.05, 0) is 56.6 Å². The maximum Gasteiger partial charge on any atom is 0.178 e. The third-order valence-corrected chi connectivity index (χ3v) is 5.61. The molecule has 0 amide bonds. The van der Waals surface area contributed by atoms with Gasteiger partial charge in [-0.15, -0.1) is 0 Å². The van der Waals surface area contributed by atoms with Crippen LogP contribution in [0.25, 0.3) is 0 Å². The van der Waals surface area contributed by atoms with E-state index in [-0.39, 0.29) is 12.5 Å². The molecule has 0 spiro atoms. The Morgan fingerprint density at radius 1 is 1.23 bits per heavy atom. The molecule has 0 aromatic heterocycles. The Morgan fingerprint density at radius 2 is 2.00 bits per heavy atom. The third kappa shape index (κ3) is 5.35. The van der Waals surface area contributed by atoms with Crippen LogP contribution >= 0.6 is 0 Å². The zero-order valence-corrected chi connectivity index (χ0v) is 14.0. The number of sulfone groups is 1. The molecule has 1 saturated heterocycles. The molecule has 0 N–H and O–H groups in total. The lowest BCUT2D eigenvalue weighted by atomic mass is 10.2. The zero-order valence-electron chi connectivity index (χ0n) is 13.2. The highest BCUT2D eigenvalue weighted by molar-refractivity contribution is 7.91. The van der Waals surface area contributed by atoms with E-state index < -0.39 is 9.84 Å². The predicted octanol–water partition coefficient (Wildman–Crippen LogP) is 2.07. The molecule has 0 bridgehead atoms. The Labute approximate surface area is 133 Å². The first-order valence-electron chi connectivity index (χ1n) is 7.72. The topological polar surface area (TPSA) is 55.8 Å². The number of rotatable bonds is 9. The van der Waals surface area contributed by atoms with Crippen LogP contribution in [0.1, 0.15) is 24.8 Å². The van der Waals surface area contributed by atoms with Crippen molar-refractivity contribution in [3.8, 4) is 0 Å². The summed E-state index contributed by atoms with van der Waals surface area (Å²) in [5.41, 5.74) is 0.845. The minimum Gasteiger partial charge on any atom is -0.359 e. The molecule has 1 aromatic carbocycles. The van der Waals surface area contributed by atoms with E-state index in [0.29, 0.717) is 17.9 Å². The second-order valence-corrected chi connectivity index (χ2v) is 7.73. The highest BCUT2D eigenvalue weighted by Crippen LogP contribution is 2.16. The van der Waals surface area contributed by atoms with Crippen molar-refractivity contribution in [1.82, 2.24) is 4.90 Å². The monoisotopic (exact) mass is 327 g/mol. The Kier molecular flexibility index (Phi) is 6.82. The van der Waals surface area contributed by atoms with Crippen LogP contribution in [0.5, 0.6) is 0 Å². The summed E-state index contributed by atoms with van der Waals surface area (Å²) in [7, 11) is -1.66. The molecule has 6 heteroatoms. The van der Waals surface area contributed by atoms with Gasteiger partial charge < -0.3 is 14.4 Å². The summed E-state index contributed by atoms with van der Waals surface area (Å²) in [6.45, 7) is 3.63. The largest absolute Gasteiger partial charge is 0.359 e. The van der Waals surface area contributed by atoms with E-state index in [1.807, 2.05) is 6.07 Å². The maximum atomic E-state index is 12.4. The molecule has 0 saturated carbocycles. The van der Waals surface area contributed by atoms with Crippen LogP contribution in [0.2, 0.25) is 0 Å². The molecule has 0 atom stereocenters. The molecule has 0 unspecified atom stereocenters. The predicted molar refractivity (Wildman–Crippen MR) is 85.5 cm³/mol. The number of nitrogens with zero attached hydrogens (tertiary/aromatic N) is 1. The first-order chi connectivity index (χ1) is 10.6. The number of hydrogen-bond acceptors (Lipinski definition) is 5. The quantitative estimate of drug-likeness (QED) is 0.513. The molecule has 1 fully saturated rings. The van der Waals surface area contributed by atoms with Gasteiger partial charge in [-0.2, -0.15) is 0 Å². The van der Waals surface area contributed by atoms with Crippen molar-refractivity contribution < 1.29 is 17.9 Å². The molecule has 2 rings (SSSR count). The van der Waals surface area contributed by atoms with E-state index in [1.54, 1.807) is 25.3 Å². The molecule has 22 heavy (non-hydrogen) atoms. The van der Waals surface area contributed by atoms with Crippen molar-refractivity contribution >= 4 is 9.84 Å². The fourth-order valence-corrected chi connectivity index (χ4v) is 4.04. The van der Waals surface area contributed by atoms with Crippen molar-refractivity contribution in [3.63, 3.8) is 0 Å². The molecule has 1 aromatic rings. The van der Waals surface area contributed by atoms with Gasteiger partial charge in [0.15, 0.2) is 9.84 Å². The first kappa shape index (κ1) is 17.4. The highest BCUT2D eigenvalue weighted by Gasteiger charge is 2.17. The zero-order chi connectivity index (χ0) is 15.8. The Morgan fingerprint density at radius 3 is 2.73 bits per heavy atom. The van der Waals surface area contributed by atoms with Crippen LogP contribution in [0.15, 0.2) is 29.2 Å². The average Bonchev–Trinajstić information content (AvgIpc) is 3.01. The normalized spacial score (nSPS) is 16.2. The number of methoxy groups -OCH3 is 1. The standard InChI is InChI=1S/C16H25NO4S/c1-20-14-21-13-15-6-4-7-16(12-15)22(18,19)11-5-10-17-8-2-3-9-17/h4,6-7,12H,2-3,5,8-11,13-14H2,1H3. The second-order valence-electron chi connectivity index (χ2n) is 5.62. The van der Waals surface area contributed by atoms with Crippen LogP contribution in [-0.4, -0.2) is 52.6 Å². The van der Waals surface area contributed by atoms with Crippen molar-refractivity contribution in [3.05, 3.63) is 29.8 Å². The van der Waals surface area contributed by atoms with Gasteiger partial charge in [0, 0.05) is 7.11 Å². The SMILES string of the molecule is COCOCc1cccc(S(=O)(=O)CCCN2CCCC2)c1. The molecule has 1 aliphatic rings. The first-order valence-corrected chi connectivity index (χ1v) is 9.38. The molecule has 5 nitrogen and oxygen atoms in total. The van der Waals surface area contributed by atoms with Gasteiger partial charge in [-0.3, -0.25) is 0 Å². The average molecular weight is 327 g/mol. The van der Waals surface area contributed by atoms with E-state index in [0.717, 1.165) is 25.2 Å². The Bertz CT molecular complexity index is 553. The Balaban J connectivity index is 1.88. The van der Waals surface area contributed by atoms with Gasteiger partial charge >= 0.3 is 0 Å². The van der Waals surface area contributed by atoms with Gasteiger partial charge in [0.2, 0.25) is 0 Å². The Hall–Kier alpha value is -0.950. The van der Waals surface area contributed by atoms with Crippen molar-refractivity contribution in [1.29, 1.82) is 0 Å². The smallest absolute Gasteiger partial charge is 0.178 e.